The third kappa shape index (κ3) is 2.96. The summed E-state index contributed by atoms with van der Waals surface area (Å²) in [7, 11) is 0. The Balaban J connectivity index is 1.03. The molecular weight excluding hydrogens is 402 g/mol. The van der Waals surface area contributed by atoms with E-state index in [4.69, 9.17) is 4.98 Å². The van der Waals surface area contributed by atoms with Crippen LogP contribution in [-0.2, 0) is 12.8 Å². The smallest absolute Gasteiger partial charge is 0.223 e. The monoisotopic (exact) mass is 425 g/mol. The molecule has 9 heteroatoms. The second-order valence-electron chi connectivity index (χ2n) is 9.05. The maximum Gasteiger partial charge on any atom is 0.223 e. The molecule has 2 aliphatic carbocycles. The highest BCUT2D eigenvalue weighted by molar-refractivity contribution is 5.56. The molecule has 3 aliphatic rings. The van der Waals surface area contributed by atoms with Gasteiger partial charge in [-0.05, 0) is 41.9 Å². The van der Waals surface area contributed by atoms with Crippen LogP contribution in [0.1, 0.15) is 22.7 Å². The molecule has 1 aromatic carbocycles. The Morgan fingerprint density at radius 3 is 2.53 bits per heavy atom. The molecule has 2 fully saturated rings. The van der Waals surface area contributed by atoms with Crippen molar-refractivity contribution in [3.8, 4) is 11.5 Å². The minimum Gasteiger partial charge on any atom is -0.356 e. The first-order chi connectivity index (χ1) is 15.8. The summed E-state index contributed by atoms with van der Waals surface area (Å²) in [4.78, 5) is 19.6. The molecule has 1 saturated carbocycles. The van der Waals surface area contributed by atoms with Crippen molar-refractivity contribution in [2.24, 2.45) is 11.8 Å². The Morgan fingerprint density at radius 2 is 1.78 bits per heavy atom. The van der Waals surface area contributed by atoms with E-state index >= 15 is 0 Å². The van der Waals surface area contributed by atoms with Gasteiger partial charge in [0.15, 0.2) is 5.82 Å². The van der Waals surface area contributed by atoms with Gasteiger partial charge >= 0.3 is 0 Å². The number of nitrogens with zero attached hydrogens (tertiary/aromatic N) is 6. The Kier molecular flexibility index (Phi) is 3.84. The number of H-pyrrole nitrogens is 2. The zero-order chi connectivity index (χ0) is 21.1. The maximum atomic E-state index is 4.73. The first kappa shape index (κ1) is 17.9. The van der Waals surface area contributed by atoms with Crippen molar-refractivity contribution in [1.82, 2.24) is 35.3 Å². The molecule has 7 rings (SSSR count). The first-order valence-corrected chi connectivity index (χ1v) is 11.1. The highest BCUT2D eigenvalue weighted by Crippen LogP contribution is 2.57. The average Bonchev–Trinajstić information content (AvgIpc) is 3.45. The van der Waals surface area contributed by atoms with Crippen LogP contribution in [0.4, 0.5) is 11.8 Å². The number of anilines is 2. The number of piperidine rings is 1. The van der Waals surface area contributed by atoms with Crippen LogP contribution in [-0.4, -0.2) is 54.5 Å². The molecule has 32 heavy (non-hydrogen) atoms. The van der Waals surface area contributed by atoms with Crippen LogP contribution < -0.4 is 10.2 Å². The zero-order valence-electron chi connectivity index (χ0n) is 17.4. The fourth-order valence-electron chi connectivity index (χ4n) is 5.54. The molecule has 0 amide bonds. The van der Waals surface area contributed by atoms with E-state index in [1.165, 1.54) is 11.1 Å². The molecule has 2 atom stereocenters. The first-order valence-electron chi connectivity index (χ1n) is 11.1. The third-order valence-electron chi connectivity index (χ3n) is 7.15. The van der Waals surface area contributed by atoms with Crippen LogP contribution >= 0.6 is 0 Å². The van der Waals surface area contributed by atoms with Gasteiger partial charge in [-0.15, -0.1) is 0 Å². The largest absolute Gasteiger partial charge is 0.356 e. The van der Waals surface area contributed by atoms with Gasteiger partial charge in [-0.2, -0.15) is 15.4 Å². The number of aromatic amines is 2. The van der Waals surface area contributed by atoms with Crippen LogP contribution in [0.3, 0.4) is 0 Å². The molecule has 0 spiro atoms. The van der Waals surface area contributed by atoms with Crippen molar-refractivity contribution in [3.05, 3.63) is 65.7 Å². The number of hydrogen-bond donors (Lipinski definition) is 3. The summed E-state index contributed by atoms with van der Waals surface area (Å²) >= 11 is 0. The van der Waals surface area contributed by atoms with Gasteiger partial charge in [0.25, 0.3) is 0 Å². The summed E-state index contributed by atoms with van der Waals surface area (Å²) in [6, 6.07) is 10.8. The van der Waals surface area contributed by atoms with E-state index in [0.29, 0.717) is 29.7 Å². The van der Waals surface area contributed by atoms with E-state index in [-0.39, 0.29) is 0 Å². The number of aromatic nitrogens is 7. The van der Waals surface area contributed by atoms with Crippen LogP contribution in [0.15, 0.2) is 48.9 Å². The summed E-state index contributed by atoms with van der Waals surface area (Å²) in [5.41, 5.74) is 4.71. The summed E-state index contributed by atoms with van der Waals surface area (Å²) in [5, 5.41) is 14.4. The molecule has 1 saturated heterocycles. The van der Waals surface area contributed by atoms with Crippen LogP contribution in [0, 0.1) is 11.8 Å². The third-order valence-corrected chi connectivity index (χ3v) is 7.15. The van der Waals surface area contributed by atoms with Crippen LogP contribution in [0.25, 0.3) is 11.5 Å². The summed E-state index contributed by atoms with van der Waals surface area (Å²) in [6.07, 6.45) is 7.56. The van der Waals surface area contributed by atoms with Crippen molar-refractivity contribution >= 4 is 11.8 Å². The highest BCUT2D eigenvalue weighted by Gasteiger charge is 2.57. The van der Waals surface area contributed by atoms with Crippen LogP contribution in [0.5, 0.6) is 0 Å². The van der Waals surface area contributed by atoms with E-state index in [9.17, 15) is 0 Å². The molecule has 4 heterocycles. The van der Waals surface area contributed by atoms with Gasteiger partial charge in [-0.25, -0.2) is 15.0 Å². The highest BCUT2D eigenvalue weighted by atomic mass is 15.3. The zero-order valence-corrected chi connectivity index (χ0v) is 17.4. The van der Waals surface area contributed by atoms with E-state index in [1.54, 1.807) is 6.20 Å². The lowest BCUT2D eigenvalue weighted by Crippen LogP contribution is -2.24. The number of hydrogen-bond acceptors (Lipinski definition) is 7. The molecule has 2 unspecified atom stereocenters. The SMILES string of the molecule is c1ccc2c(c1)CC(Nc1nccc(-c3ncc(N4CC5C(C4)C5c4cn[nH]n4)[nH]3)n1)C2. The molecule has 9 nitrogen and oxygen atoms in total. The predicted molar refractivity (Wildman–Crippen MR) is 119 cm³/mol. The maximum absolute atomic E-state index is 4.73. The fourth-order valence-corrected chi connectivity index (χ4v) is 5.54. The van der Waals surface area contributed by atoms with Crippen molar-refractivity contribution in [3.63, 3.8) is 0 Å². The number of fused-ring (bicyclic) bond motifs is 2. The lowest BCUT2D eigenvalue weighted by molar-refractivity contribution is 0.729. The Labute approximate surface area is 184 Å². The van der Waals surface area contributed by atoms with Gasteiger partial charge in [-0.1, -0.05) is 24.3 Å². The molecule has 4 aromatic rings. The number of imidazole rings is 1. The van der Waals surface area contributed by atoms with E-state index in [1.807, 2.05) is 18.5 Å². The second kappa shape index (κ2) is 6.88. The minimum absolute atomic E-state index is 0.323. The molecule has 3 aromatic heterocycles. The lowest BCUT2D eigenvalue weighted by Gasteiger charge is -2.19. The number of rotatable bonds is 5. The van der Waals surface area contributed by atoms with Crippen LogP contribution in [0.2, 0.25) is 0 Å². The summed E-state index contributed by atoms with van der Waals surface area (Å²) < 4.78 is 0. The fraction of sp³-hybridized carbons (Fsp3) is 0.348. The van der Waals surface area contributed by atoms with E-state index < -0.39 is 0 Å². The Bertz CT molecular complexity index is 1230. The van der Waals surface area contributed by atoms with Gasteiger partial charge in [0, 0.05) is 31.2 Å². The van der Waals surface area contributed by atoms with Gasteiger partial charge in [-0.3, -0.25) is 0 Å². The van der Waals surface area contributed by atoms with Crippen molar-refractivity contribution < 1.29 is 0 Å². The normalized spacial score (nSPS) is 23.9. The standard InChI is InChI=1S/C23H23N9/c1-2-4-14-8-15(7-13(14)3-1)27-23-24-6-5-18(28-23)22-25-10-20(29-22)32-11-16-17(12-32)21(16)19-9-26-31-30-19/h1-6,9-10,15-17,21H,7-8,11-12H2,(H,25,29)(H,24,27,28)(H,26,30,31). The minimum atomic E-state index is 0.323. The van der Waals surface area contributed by atoms with Gasteiger partial charge < -0.3 is 15.2 Å². The lowest BCUT2D eigenvalue weighted by atomic mass is 10.1. The van der Waals surface area contributed by atoms with Gasteiger partial charge in [0.05, 0.1) is 18.1 Å². The Hall–Kier alpha value is -3.75. The Morgan fingerprint density at radius 1 is 0.969 bits per heavy atom. The van der Waals surface area contributed by atoms with Gasteiger partial charge in [0.2, 0.25) is 5.95 Å². The van der Waals surface area contributed by atoms with Gasteiger partial charge in [0.1, 0.15) is 11.5 Å². The molecule has 0 bridgehead atoms. The molecule has 160 valence electrons. The predicted octanol–water partition coefficient (Wildman–Crippen LogP) is 2.41. The quantitative estimate of drug-likeness (QED) is 0.450. The van der Waals surface area contributed by atoms with Crippen molar-refractivity contribution in [2.45, 2.75) is 24.8 Å². The molecule has 1 aliphatic heterocycles. The molecular formula is C23H23N9. The summed E-state index contributed by atoms with van der Waals surface area (Å²) in [5.74, 6) is 4.31. The van der Waals surface area contributed by atoms with E-state index in [0.717, 1.165) is 49.0 Å². The second-order valence-corrected chi connectivity index (χ2v) is 9.05. The number of nitrogens with one attached hydrogen (secondary N) is 3. The van der Waals surface area contributed by atoms with Crippen molar-refractivity contribution in [2.75, 3.05) is 23.3 Å². The molecule has 3 N–H and O–H groups in total. The topological polar surface area (TPSA) is 111 Å². The molecule has 0 radical (unpaired) electrons. The summed E-state index contributed by atoms with van der Waals surface area (Å²) in [6.45, 7) is 2.03. The average molecular weight is 426 g/mol. The number of benzene rings is 1. The van der Waals surface area contributed by atoms with E-state index in [2.05, 4.69) is 64.8 Å². The van der Waals surface area contributed by atoms with Crippen molar-refractivity contribution in [1.29, 1.82) is 0 Å².